The minimum absolute atomic E-state index is 0.0217. The Morgan fingerprint density at radius 3 is 2.67 bits per heavy atom. The lowest BCUT2D eigenvalue weighted by atomic mass is 10.3. The van der Waals surface area contributed by atoms with Crippen LogP contribution in [0.4, 0.5) is 10.1 Å². The molecule has 0 spiro atoms. The molecule has 1 aromatic carbocycles. The largest absolute Gasteiger partial charge is 0.452 e. The summed E-state index contributed by atoms with van der Waals surface area (Å²) in [5, 5.41) is 5.16. The van der Waals surface area contributed by atoms with E-state index in [4.69, 9.17) is 4.74 Å². The molecule has 1 aromatic rings. The number of ether oxygens (including phenoxy) is 1. The Balaban J connectivity index is 1.63. The number of hydrogen-bond donors (Lipinski definition) is 2. The van der Waals surface area contributed by atoms with Crippen LogP contribution in [0, 0.1) is 5.82 Å². The number of halogens is 1. The monoisotopic (exact) mass is 354 g/mol. The number of carbonyl (C=O) groups excluding carboxylic acids is 3. The average molecular weight is 354 g/mol. The van der Waals surface area contributed by atoms with Gasteiger partial charge < -0.3 is 15.4 Å². The normalized spacial score (nSPS) is 14.6. The highest BCUT2D eigenvalue weighted by Gasteiger charge is 2.27. The van der Waals surface area contributed by atoms with E-state index in [1.807, 2.05) is 0 Å². The van der Waals surface area contributed by atoms with Crippen LogP contribution in [-0.2, 0) is 19.1 Å². The topological polar surface area (TPSA) is 84.5 Å². The van der Waals surface area contributed by atoms with Gasteiger partial charge in [-0.3, -0.25) is 14.4 Å². The molecular formula is C16H19FN2O4S. The molecule has 2 amide bonds. The molecule has 1 fully saturated rings. The molecule has 2 rings (SSSR count). The number of anilines is 1. The van der Waals surface area contributed by atoms with E-state index in [0.717, 1.165) is 24.6 Å². The number of carbonyl (C=O) groups is 3. The molecule has 0 heterocycles. The quantitative estimate of drug-likeness (QED) is 0.694. The van der Waals surface area contributed by atoms with Crippen molar-refractivity contribution in [3.63, 3.8) is 0 Å². The zero-order valence-corrected chi connectivity index (χ0v) is 14.0. The Morgan fingerprint density at radius 2 is 2.00 bits per heavy atom. The molecule has 0 saturated heterocycles. The van der Waals surface area contributed by atoms with Gasteiger partial charge in [-0.15, -0.1) is 11.8 Å². The smallest absolute Gasteiger partial charge is 0.316 e. The summed E-state index contributed by atoms with van der Waals surface area (Å²) in [6.45, 7) is 1.51. The molecule has 0 aromatic heterocycles. The van der Waals surface area contributed by atoms with E-state index in [0.29, 0.717) is 0 Å². The van der Waals surface area contributed by atoms with Crippen LogP contribution in [0.5, 0.6) is 0 Å². The van der Waals surface area contributed by atoms with Crippen molar-refractivity contribution in [3.8, 4) is 0 Å². The Bertz CT molecular complexity index is 622. The maximum atomic E-state index is 13.4. The van der Waals surface area contributed by atoms with Gasteiger partial charge in [0.15, 0.2) is 6.10 Å². The highest BCUT2D eigenvalue weighted by Crippen LogP contribution is 2.19. The minimum atomic E-state index is -0.856. The lowest BCUT2D eigenvalue weighted by Crippen LogP contribution is -2.37. The highest BCUT2D eigenvalue weighted by atomic mass is 32.2. The summed E-state index contributed by atoms with van der Waals surface area (Å²) in [6, 6.07) is 6.03. The van der Waals surface area contributed by atoms with E-state index in [1.54, 1.807) is 6.07 Å². The van der Waals surface area contributed by atoms with Crippen LogP contribution in [-0.4, -0.2) is 41.4 Å². The van der Waals surface area contributed by atoms with Crippen molar-refractivity contribution in [3.05, 3.63) is 30.1 Å². The summed E-state index contributed by atoms with van der Waals surface area (Å²) in [5.74, 6) is -1.91. The number of rotatable bonds is 8. The highest BCUT2D eigenvalue weighted by molar-refractivity contribution is 8.00. The Labute approximate surface area is 143 Å². The van der Waals surface area contributed by atoms with Gasteiger partial charge in [-0.05, 0) is 31.9 Å². The SMILES string of the molecule is C[C@@H](OC(=O)CSCC(=O)Nc1ccccc1F)C(=O)NC1CC1. The summed E-state index contributed by atoms with van der Waals surface area (Å²) in [5.41, 5.74) is 0.0936. The van der Waals surface area contributed by atoms with E-state index in [1.165, 1.54) is 25.1 Å². The van der Waals surface area contributed by atoms with E-state index in [-0.39, 0.29) is 29.1 Å². The van der Waals surface area contributed by atoms with Gasteiger partial charge in [-0.1, -0.05) is 12.1 Å². The van der Waals surface area contributed by atoms with Crippen molar-refractivity contribution in [2.45, 2.75) is 31.9 Å². The molecule has 0 aliphatic heterocycles. The van der Waals surface area contributed by atoms with Crippen LogP contribution >= 0.6 is 11.8 Å². The second-order valence-electron chi connectivity index (χ2n) is 5.44. The predicted octanol–water partition coefficient (Wildman–Crippen LogP) is 1.71. The Hall–Kier alpha value is -2.09. The number of para-hydroxylation sites is 1. The van der Waals surface area contributed by atoms with Gasteiger partial charge in [0.2, 0.25) is 5.91 Å². The summed E-state index contributed by atoms with van der Waals surface area (Å²) in [4.78, 5) is 35.0. The van der Waals surface area contributed by atoms with Gasteiger partial charge >= 0.3 is 5.97 Å². The number of hydrogen-bond acceptors (Lipinski definition) is 5. The van der Waals surface area contributed by atoms with Gasteiger partial charge in [0.05, 0.1) is 17.2 Å². The molecule has 0 bridgehead atoms. The number of nitrogens with one attached hydrogen (secondary N) is 2. The molecular weight excluding hydrogens is 335 g/mol. The molecule has 24 heavy (non-hydrogen) atoms. The summed E-state index contributed by atoms with van der Waals surface area (Å²) >= 11 is 1.03. The maximum Gasteiger partial charge on any atom is 0.316 e. The van der Waals surface area contributed by atoms with Crippen LogP contribution in [0.25, 0.3) is 0 Å². The molecule has 1 aliphatic rings. The van der Waals surface area contributed by atoms with Gasteiger partial charge in [-0.25, -0.2) is 4.39 Å². The van der Waals surface area contributed by atoms with E-state index >= 15 is 0 Å². The van der Waals surface area contributed by atoms with Crippen LogP contribution in [0.15, 0.2) is 24.3 Å². The van der Waals surface area contributed by atoms with Gasteiger partial charge in [0.25, 0.3) is 5.91 Å². The van der Waals surface area contributed by atoms with Crippen LogP contribution < -0.4 is 10.6 Å². The van der Waals surface area contributed by atoms with Crippen LogP contribution in [0.3, 0.4) is 0 Å². The second-order valence-corrected chi connectivity index (χ2v) is 6.42. The first-order valence-corrected chi connectivity index (χ1v) is 8.73. The summed E-state index contributed by atoms with van der Waals surface area (Å²) < 4.78 is 18.4. The first-order valence-electron chi connectivity index (χ1n) is 7.57. The number of amides is 2. The van der Waals surface area contributed by atoms with Crippen molar-refractivity contribution in [1.29, 1.82) is 0 Å². The number of thioether (sulfide) groups is 1. The van der Waals surface area contributed by atoms with Crippen molar-refractivity contribution < 1.29 is 23.5 Å². The first kappa shape index (κ1) is 18.3. The van der Waals surface area contributed by atoms with Crippen molar-refractivity contribution in [2.75, 3.05) is 16.8 Å². The molecule has 1 saturated carbocycles. The number of esters is 1. The van der Waals surface area contributed by atoms with E-state index in [9.17, 15) is 18.8 Å². The third-order valence-corrected chi connectivity index (χ3v) is 4.11. The molecule has 1 atom stereocenters. The first-order chi connectivity index (χ1) is 11.5. The van der Waals surface area contributed by atoms with Gasteiger partial charge in [0.1, 0.15) is 5.82 Å². The van der Waals surface area contributed by atoms with Gasteiger partial charge in [0, 0.05) is 6.04 Å². The summed E-state index contributed by atoms with van der Waals surface area (Å²) in [7, 11) is 0. The van der Waals surface area contributed by atoms with Crippen LogP contribution in [0.2, 0.25) is 0 Å². The van der Waals surface area contributed by atoms with Crippen molar-refractivity contribution >= 4 is 35.2 Å². The fraction of sp³-hybridized carbons (Fsp3) is 0.438. The fourth-order valence-electron chi connectivity index (χ4n) is 1.81. The summed E-state index contributed by atoms with van der Waals surface area (Å²) in [6.07, 6.45) is 1.06. The minimum Gasteiger partial charge on any atom is -0.452 e. The molecule has 0 unspecified atom stereocenters. The lowest BCUT2D eigenvalue weighted by Gasteiger charge is -2.13. The zero-order valence-electron chi connectivity index (χ0n) is 13.2. The van der Waals surface area contributed by atoms with Crippen molar-refractivity contribution in [2.24, 2.45) is 0 Å². The van der Waals surface area contributed by atoms with Crippen LogP contribution in [0.1, 0.15) is 19.8 Å². The van der Waals surface area contributed by atoms with E-state index in [2.05, 4.69) is 10.6 Å². The molecule has 8 heteroatoms. The Kier molecular flexibility index (Phi) is 6.60. The molecule has 6 nitrogen and oxygen atoms in total. The third-order valence-electron chi connectivity index (χ3n) is 3.20. The zero-order chi connectivity index (χ0) is 17.5. The van der Waals surface area contributed by atoms with E-state index < -0.39 is 23.8 Å². The maximum absolute atomic E-state index is 13.4. The standard InChI is InChI=1S/C16H19FN2O4S/c1-10(16(22)18-11-6-7-11)23-15(21)9-24-8-14(20)19-13-5-3-2-4-12(13)17/h2-5,10-11H,6-9H2,1H3,(H,18,22)(H,19,20)/t10-/m1/s1. The van der Waals surface area contributed by atoms with Crippen molar-refractivity contribution in [1.82, 2.24) is 5.32 Å². The van der Waals surface area contributed by atoms with Gasteiger partial charge in [-0.2, -0.15) is 0 Å². The Morgan fingerprint density at radius 1 is 1.29 bits per heavy atom. The average Bonchev–Trinajstić information content (AvgIpc) is 3.33. The second kappa shape index (κ2) is 8.68. The predicted molar refractivity (Wildman–Crippen MR) is 89.1 cm³/mol. The molecule has 2 N–H and O–H groups in total. The third kappa shape index (κ3) is 6.19. The molecule has 1 aliphatic carbocycles. The molecule has 0 radical (unpaired) electrons. The number of benzene rings is 1. The fourth-order valence-corrected chi connectivity index (χ4v) is 2.40. The molecule has 130 valence electrons. The lowest BCUT2D eigenvalue weighted by molar-refractivity contribution is -0.152.